The molecule has 21 heavy (non-hydrogen) atoms. The molecule has 0 spiro atoms. The average molecular weight is 288 g/mol. The highest BCUT2D eigenvalue weighted by atomic mass is 32.2. The van der Waals surface area contributed by atoms with Crippen molar-refractivity contribution in [2.45, 2.75) is 11.8 Å². The van der Waals surface area contributed by atoms with Gasteiger partial charge in [-0.2, -0.15) is 4.40 Å². The summed E-state index contributed by atoms with van der Waals surface area (Å²) in [5.41, 5.74) is 9.48. The van der Waals surface area contributed by atoms with E-state index in [1.807, 2.05) is 0 Å². The molecule has 0 N–H and O–H groups in total. The summed E-state index contributed by atoms with van der Waals surface area (Å²) in [5.74, 6) is 1.66. The molecule has 2 unspecified atom stereocenters. The molecule has 0 aromatic heterocycles. The minimum absolute atomic E-state index is 0.395. The van der Waals surface area contributed by atoms with Crippen molar-refractivity contribution < 1.29 is 0 Å². The zero-order valence-electron chi connectivity index (χ0n) is 11.3. The summed E-state index contributed by atoms with van der Waals surface area (Å²) < 4.78 is 4.82. The van der Waals surface area contributed by atoms with E-state index in [0.717, 1.165) is 12.3 Å². The molecule has 1 aliphatic carbocycles. The molecule has 0 radical (unpaired) electrons. The third kappa shape index (κ3) is 1.03. The van der Waals surface area contributed by atoms with E-state index in [4.69, 9.17) is 4.40 Å². The van der Waals surface area contributed by atoms with Crippen molar-refractivity contribution >= 4 is 29.0 Å². The maximum atomic E-state index is 4.82. The molecule has 6 rings (SSSR count). The lowest BCUT2D eigenvalue weighted by molar-refractivity contribution is 0.661. The van der Waals surface area contributed by atoms with Crippen molar-refractivity contribution in [3.8, 4) is 11.1 Å². The first-order valence-corrected chi connectivity index (χ1v) is 8.16. The van der Waals surface area contributed by atoms with Gasteiger partial charge in [0.05, 0.1) is 5.69 Å². The standard InChI is InChI=1S/C18H12N2S/c1-9-14-8-10-6-7-12-11-4-2-3-5-13(11)17-19-21-18(14)20(17)16(12)15(9)10/h2-7,14,18H,1,8H2. The summed E-state index contributed by atoms with van der Waals surface area (Å²) in [6.07, 6.45) is 1.12. The van der Waals surface area contributed by atoms with Crippen LogP contribution in [0.1, 0.15) is 16.7 Å². The van der Waals surface area contributed by atoms with Crippen LogP contribution in [0.15, 0.2) is 47.4 Å². The fourth-order valence-electron chi connectivity index (χ4n) is 4.34. The number of amidine groups is 1. The molecule has 2 nitrogen and oxygen atoms in total. The Morgan fingerprint density at radius 2 is 1.95 bits per heavy atom. The van der Waals surface area contributed by atoms with E-state index in [1.54, 1.807) is 11.9 Å². The Labute approximate surface area is 127 Å². The zero-order chi connectivity index (χ0) is 13.7. The molecular formula is C18H12N2S. The molecule has 2 aromatic rings. The molecular weight excluding hydrogens is 276 g/mol. The Morgan fingerprint density at radius 3 is 2.86 bits per heavy atom. The number of nitrogens with zero attached hydrogens (tertiary/aromatic N) is 2. The predicted octanol–water partition coefficient (Wildman–Crippen LogP) is 4.11. The van der Waals surface area contributed by atoms with Gasteiger partial charge in [-0.05, 0) is 23.1 Å². The lowest BCUT2D eigenvalue weighted by Gasteiger charge is -2.40. The second kappa shape index (κ2) is 3.25. The lowest BCUT2D eigenvalue weighted by Crippen LogP contribution is -2.43. The summed E-state index contributed by atoms with van der Waals surface area (Å²) in [7, 11) is 0. The van der Waals surface area contributed by atoms with Gasteiger partial charge >= 0.3 is 0 Å². The summed E-state index contributed by atoms with van der Waals surface area (Å²) in [5, 5.41) is 0.395. The summed E-state index contributed by atoms with van der Waals surface area (Å²) in [4.78, 5) is 2.48. The fraction of sp³-hybridized carbons (Fsp3) is 0.167. The molecule has 0 saturated carbocycles. The topological polar surface area (TPSA) is 15.6 Å². The van der Waals surface area contributed by atoms with Gasteiger partial charge in [-0.1, -0.05) is 43.0 Å². The van der Waals surface area contributed by atoms with Gasteiger partial charge in [-0.3, -0.25) is 0 Å². The molecule has 0 saturated heterocycles. The maximum absolute atomic E-state index is 4.82. The number of fused-ring (bicyclic) bond motifs is 5. The van der Waals surface area contributed by atoms with E-state index < -0.39 is 0 Å². The van der Waals surface area contributed by atoms with Gasteiger partial charge in [0.1, 0.15) is 11.2 Å². The largest absolute Gasteiger partial charge is 0.309 e. The predicted molar refractivity (Wildman–Crippen MR) is 88.5 cm³/mol. The van der Waals surface area contributed by atoms with Gasteiger partial charge < -0.3 is 4.90 Å². The number of hydrogen-bond acceptors (Lipinski definition) is 3. The highest BCUT2D eigenvalue weighted by Gasteiger charge is 2.50. The molecule has 3 heteroatoms. The van der Waals surface area contributed by atoms with E-state index in [2.05, 4.69) is 47.9 Å². The van der Waals surface area contributed by atoms with Crippen LogP contribution >= 0.6 is 11.9 Å². The van der Waals surface area contributed by atoms with Gasteiger partial charge in [0, 0.05) is 34.6 Å². The SMILES string of the molecule is C=C1c2c3ccc4c2N2C(=NSC2C1C3)c1ccccc1-4. The highest BCUT2D eigenvalue weighted by molar-refractivity contribution is 7.99. The summed E-state index contributed by atoms with van der Waals surface area (Å²) >= 11 is 1.73. The smallest absolute Gasteiger partial charge is 0.150 e. The first-order valence-electron chi connectivity index (χ1n) is 7.32. The summed E-state index contributed by atoms with van der Waals surface area (Å²) in [6.45, 7) is 4.40. The van der Waals surface area contributed by atoms with E-state index in [0.29, 0.717) is 11.3 Å². The molecule has 100 valence electrons. The van der Waals surface area contributed by atoms with Crippen LogP contribution in [0.5, 0.6) is 0 Å². The van der Waals surface area contributed by atoms with Crippen LogP contribution in [-0.4, -0.2) is 11.2 Å². The van der Waals surface area contributed by atoms with E-state index >= 15 is 0 Å². The Morgan fingerprint density at radius 1 is 1.10 bits per heavy atom. The normalized spacial score (nSPS) is 26.0. The number of rotatable bonds is 0. The molecule has 2 aromatic carbocycles. The molecule has 3 aliphatic heterocycles. The highest BCUT2D eigenvalue weighted by Crippen LogP contribution is 2.59. The lowest BCUT2D eigenvalue weighted by atomic mass is 9.85. The first kappa shape index (κ1) is 10.7. The Kier molecular flexibility index (Phi) is 1.65. The Bertz CT molecular complexity index is 896. The van der Waals surface area contributed by atoms with Crippen LogP contribution in [0, 0.1) is 5.92 Å². The van der Waals surface area contributed by atoms with Gasteiger partial charge in [-0.15, -0.1) is 0 Å². The van der Waals surface area contributed by atoms with Crippen molar-refractivity contribution in [1.82, 2.24) is 0 Å². The third-order valence-electron chi connectivity index (χ3n) is 5.25. The van der Waals surface area contributed by atoms with Crippen LogP contribution in [0.3, 0.4) is 0 Å². The van der Waals surface area contributed by atoms with Crippen LogP contribution in [0.4, 0.5) is 5.69 Å². The molecule has 3 heterocycles. The van der Waals surface area contributed by atoms with Crippen LogP contribution in [0.2, 0.25) is 0 Å². The van der Waals surface area contributed by atoms with Crippen molar-refractivity contribution in [2.75, 3.05) is 4.90 Å². The molecule has 4 aliphatic rings. The number of hydrogen-bond donors (Lipinski definition) is 0. The second-order valence-electron chi connectivity index (χ2n) is 6.16. The third-order valence-corrected chi connectivity index (χ3v) is 6.28. The molecule has 0 amide bonds. The quantitative estimate of drug-likeness (QED) is 0.678. The van der Waals surface area contributed by atoms with Crippen molar-refractivity contribution in [3.63, 3.8) is 0 Å². The minimum Gasteiger partial charge on any atom is -0.309 e. The van der Waals surface area contributed by atoms with Crippen LogP contribution < -0.4 is 4.90 Å². The Hall–Kier alpha value is -2.00. The van der Waals surface area contributed by atoms with Gasteiger partial charge in [0.15, 0.2) is 0 Å². The van der Waals surface area contributed by atoms with E-state index in [9.17, 15) is 0 Å². The van der Waals surface area contributed by atoms with Crippen LogP contribution in [0.25, 0.3) is 16.7 Å². The monoisotopic (exact) mass is 288 g/mol. The molecule has 2 bridgehead atoms. The van der Waals surface area contributed by atoms with Gasteiger partial charge in [0.2, 0.25) is 0 Å². The summed E-state index contributed by atoms with van der Waals surface area (Å²) in [6, 6.07) is 13.3. The maximum Gasteiger partial charge on any atom is 0.150 e. The number of anilines is 1. The second-order valence-corrected chi connectivity index (χ2v) is 7.03. The average Bonchev–Trinajstić information content (AvgIpc) is 3.06. The van der Waals surface area contributed by atoms with Crippen LogP contribution in [-0.2, 0) is 6.42 Å². The van der Waals surface area contributed by atoms with E-state index in [1.165, 1.54) is 39.1 Å². The first-order chi connectivity index (χ1) is 10.3. The van der Waals surface area contributed by atoms with Gasteiger partial charge in [-0.25, -0.2) is 0 Å². The van der Waals surface area contributed by atoms with Crippen molar-refractivity contribution in [3.05, 3.63) is 59.7 Å². The Balaban J connectivity index is 1.83. The van der Waals surface area contributed by atoms with Crippen molar-refractivity contribution in [2.24, 2.45) is 10.3 Å². The minimum atomic E-state index is 0.395. The zero-order valence-corrected chi connectivity index (χ0v) is 12.2. The van der Waals surface area contributed by atoms with Gasteiger partial charge in [0.25, 0.3) is 0 Å². The fourth-order valence-corrected chi connectivity index (χ4v) is 5.44. The van der Waals surface area contributed by atoms with E-state index in [-0.39, 0.29) is 0 Å². The molecule has 0 fully saturated rings. The molecule has 2 atom stereocenters. The van der Waals surface area contributed by atoms with Crippen molar-refractivity contribution in [1.29, 1.82) is 0 Å². The number of benzene rings is 2.